The normalized spacial score (nSPS) is 12.2. The van der Waals surface area contributed by atoms with Crippen LogP contribution in [0.2, 0.25) is 0 Å². The van der Waals surface area contributed by atoms with E-state index in [1.165, 1.54) is 0 Å². The van der Waals surface area contributed by atoms with E-state index < -0.39 is 12.1 Å². The number of hydrogen-bond donors (Lipinski definition) is 1. The molecule has 2 aromatic heterocycles. The summed E-state index contributed by atoms with van der Waals surface area (Å²) in [6, 6.07) is 21.4. The summed E-state index contributed by atoms with van der Waals surface area (Å²) in [5.41, 5.74) is 5.55. The molecule has 0 amide bonds. The van der Waals surface area contributed by atoms with Gasteiger partial charge in [0.25, 0.3) is 0 Å². The number of aliphatic carboxylic acids is 1. The molecule has 0 fully saturated rings. The lowest BCUT2D eigenvalue weighted by atomic mass is 9.98. The number of ether oxygens (including phenoxy) is 1. The van der Waals surface area contributed by atoms with Crippen molar-refractivity contribution in [2.45, 2.75) is 46.3 Å². The number of benzene rings is 3. The van der Waals surface area contributed by atoms with E-state index >= 15 is 0 Å². The number of aryl methyl sites for hydroxylation is 3. The first-order valence-electron chi connectivity index (χ1n) is 12.2. The van der Waals surface area contributed by atoms with Gasteiger partial charge < -0.3 is 14.4 Å². The lowest BCUT2D eigenvalue weighted by Crippen LogP contribution is -2.19. The van der Waals surface area contributed by atoms with E-state index in [9.17, 15) is 9.90 Å². The molecule has 3 aromatic carbocycles. The second kappa shape index (κ2) is 9.82. The highest BCUT2D eigenvalue weighted by Crippen LogP contribution is 2.29. The molecule has 0 saturated heterocycles. The number of carbonyl (C=O) groups is 1. The molecule has 2 heterocycles. The third-order valence-corrected chi connectivity index (χ3v) is 6.55. The Bertz CT molecular complexity index is 1550. The van der Waals surface area contributed by atoms with Crippen molar-refractivity contribution in [3.63, 3.8) is 0 Å². The molecule has 1 N–H and O–H groups in total. The molecule has 6 heteroatoms. The maximum atomic E-state index is 12.2. The van der Waals surface area contributed by atoms with E-state index in [2.05, 4.69) is 23.4 Å². The first kappa shape index (κ1) is 23.5. The second-order valence-electron chi connectivity index (χ2n) is 9.20. The van der Waals surface area contributed by atoms with Crippen molar-refractivity contribution in [1.29, 1.82) is 0 Å². The molecule has 0 aliphatic rings. The average molecular weight is 480 g/mol. The second-order valence-corrected chi connectivity index (χ2v) is 9.20. The highest BCUT2D eigenvalue weighted by Gasteiger charge is 2.24. The number of nitrogens with zero attached hydrogens (tertiary/aromatic N) is 3. The molecular weight excluding hydrogens is 450 g/mol. The number of imidazole rings is 1. The van der Waals surface area contributed by atoms with Gasteiger partial charge in [-0.2, -0.15) is 0 Å². The number of rotatable bonds is 8. The van der Waals surface area contributed by atoms with Gasteiger partial charge in [-0.15, -0.1) is 0 Å². The van der Waals surface area contributed by atoms with Crippen molar-refractivity contribution in [1.82, 2.24) is 14.5 Å². The first-order valence-corrected chi connectivity index (χ1v) is 12.2. The van der Waals surface area contributed by atoms with E-state index in [4.69, 9.17) is 9.72 Å². The fraction of sp³-hybridized carbons (Fsp3) is 0.233. The number of hydrogen-bond acceptors (Lipinski definition) is 4. The summed E-state index contributed by atoms with van der Waals surface area (Å²) in [4.78, 5) is 21.6. The van der Waals surface area contributed by atoms with Crippen LogP contribution in [0.1, 0.15) is 47.5 Å². The molecule has 0 aliphatic carbocycles. The summed E-state index contributed by atoms with van der Waals surface area (Å²) in [5, 5.41) is 12.0. The Hall–Kier alpha value is -4.19. The highest BCUT2D eigenvalue weighted by atomic mass is 16.5. The fourth-order valence-corrected chi connectivity index (χ4v) is 4.66. The number of carboxylic acid groups (broad SMARTS) is 1. The van der Waals surface area contributed by atoms with Gasteiger partial charge in [0.2, 0.25) is 6.10 Å². The number of fused-ring (bicyclic) bond motifs is 2. The van der Waals surface area contributed by atoms with Crippen LogP contribution >= 0.6 is 0 Å². The Morgan fingerprint density at radius 1 is 1.00 bits per heavy atom. The van der Waals surface area contributed by atoms with Gasteiger partial charge in [-0.25, -0.2) is 14.8 Å². The number of pyridine rings is 1. The quantitative estimate of drug-likeness (QED) is 0.278. The van der Waals surface area contributed by atoms with Crippen LogP contribution in [-0.2, 0) is 17.8 Å². The zero-order valence-electron chi connectivity index (χ0n) is 20.7. The summed E-state index contributed by atoms with van der Waals surface area (Å²) in [7, 11) is 0. The van der Waals surface area contributed by atoms with Gasteiger partial charge in [0.05, 0.1) is 6.54 Å². The minimum absolute atomic E-state index is 0.511. The SMILES string of the molecule is CCCc1nc2c(C)ccnc2n1Cc1ccc(OC(C(=O)O)c2cc3ccccc3cc2C)cc1. The van der Waals surface area contributed by atoms with Gasteiger partial charge in [-0.05, 0) is 72.0 Å². The molecule has 1 atom stereocenters. The Morgan fingerprint density at radius 3 is 2.42 bits per heavy atom. The van der Waals surface area contributed by atoms with Gasteiger partial charge in [-0.1, -0.05) is 49.4 Å². The van der Waals surface area contributed by atoms with E-state index in [0.29, 0.717) is 17.9 Å². The van der Waals surface area contributed by atoms with Crippen molar-refractivity contribution < 1.29 is 14.6 Å². The van der Waals surface area contributed by atoms with Gasteiger partial charge in [0.1, 0.15) is 17.1 Å². The first-order chi connectivity index (χ1) is 17.4. The molecular formula is C30H29N3O3. The number of aromatic nitrogens is 3. The minimum Gasteiger partial charge on any atom is -0.478 e. The molecule has 5 rings (SSSR count). The third kappa shape index (κ3) is 4.54. The third-order valence-electron chi connectivity index (χ3n) is 6.55. The molecule has 182 valence electrons. The topological polar surface area (TPSA) is 77.2 Å². The van der Waals surface area contributed by atoms with Crippen LogP contribution in [0.3, 0.4) is 0 Å². The zero-order chi connectivity index (χ0) is 25.2. The van der Waals surface area contributed by atoms with E-state index in [-0.39, 0.29) is 0 Å². The van der Waals surface area contributed by atoms with Crippen LogP contribution in [0.5, 0.6) is 5.75 Å². The van der Waals surface area contributed by atoms with Gasteiger partial charge >= 0.3 is 5.97 Å². The predicted molar refractivity (Wildman–Crippen MR) is 141 cm³/mol. The predicted octanol–water partition coefficient (Wildman–Crippen LogP) is 6.41. The Morgan fingerprint density at radius 2 is 1.72 bits per heavy atom. The summed E-state index contributed by atoms with van der Waals surface area (Å²) in [6.45, 7) is 6.75. The average Bonchev–Trinajstić information content (AvgIpc) is 3.21. The molecule has 0 radical (unpaired) electrons. The smallest absolute Gasteiger partial charge is 0.349 e. The lowest BCUT2D eigenvalue weighted by Gasteiger charge is -2.19. The summed E-state index contributed by atoms with van der Waals surface area (Å²) < 4.78 is 8.17. The monoisotopic (exact) mass is 479 g/mol. The van der Waals surface area contributed by atoms with Crippen LogP contribution in [0.4, 0.5) is 0 Å². The Kier molecular flexibility index (Phi) is 6.42. The van der Waals surface area contributed by atoms with Crippen molar-refractivity contribution in [3.8, 4) is 5.75 Å². The number of carboxylic acids is 1. The summed E-state index contributed by atoms with van der Waals surface area (Å²) in [5.74, 6) is 0.511. The molecule has 1 unspecified atom stereocenters. The largest absolute Gasteiger partial charge is 0.478 e. The Balaban J connectivity index is 1.41. The van der Waals surface area contributed by atoms with Gasteiger partial charge in [0.15, 0.2) is 5.65 Å². The summed E-state index contributed by atoms with van der Waals surface area (Å²) >= 11 is 0. The van der Waals surface area contributed by atoms with Crippen LogP contribution in [0.25, 0.3) is 21.9 Å². The Labute approximate surface area is 210 Å². The van der Waals surface area contributed by atoms with Crippen LogP contribution in [-0.4, -0.2) is 25.6 Å². The lowest BCUT2D eigenvalue weighted by molar-refractivity contribution is -0.145. The van der Waals surface area contributed by atoms with E-state index in [0.717, 1.165) is 57.3 Å². The maximum Gasteiger partial charge on any atom is 0.349 e. The van der Waals surface area contributed by atoms with Crippen LogP contribution < -0.4 is 4.74 Å². The van der Waals surface area contributed by atoms with Crippen molar-refractivity contribution in [2.75, 3.05) is 0 Å². The van der Waals surface area contributed by atoms with Crippen LogP contribution in [0.15, 0.2) is 72.9 Å². The molecule has 0 saturated carbocycles. The maximum absolute atomic E-state index is 12.2. The molecule has 5 aromatic rings. The molecule has 0 spiro atoms. The molecule has 0 aliphatic heterocycles. The highest BCUT2D eigenvalue weighted by molar-refractivity contribution is 5.86. The van der Waals surface area contributed by atoms with Gasteiger partial charge in [-0.3, -0.25) is 0 Å². The van der Waals surface area contributed by atoms with Crippen molar-refractivity contribution >= 4 is 27.9 Å². The van der Waals surface area contributed by atoms with Crippen molar-refractivity contribution in [2.24, 2.45) is 0 Å². The van der Waals surface area contributed by atoms with E-state index in [1.54, 1.807) is 0 Å². The molecule has 36 heavy (non-hydrogen) atoms. The fourth-order valence-electron chi connectivity index (χ4n) is 4.66. The summed E-state index contributed by atoms with van der Waals surface area (Å²) in [6.07, 6.45) is 2.60. The standard InChI is InChI=1S/C30H29N3O3/c1-4-7-26-32-27-19(2)14-15-31-29(27)33(26)18-21-10-12-24(13-11-21)36-28(30(34)35)25-17-23-9-6-5-8-22(23)16-20(25)3/h5-6,8-17,28H,4,7,18H2,1-3H3,(H,34,35). The molecule has 0 bridgehead atoms. The van der Waals surface area contributed by atoms with Crippen molar-refractivity contribution in [3.05, 3.63) is 101 Å². The van der Waals surface area contributed by atoms with Gasteiger partial charge in [0, 0.05) is 18.2 Å². The van der Waals surface area contributed by atoms with E-state index in [1.807, 2.05) is 79.9 Å². The molecule has 6 nitrogen and oxygen atoms in total. The minimum atomic E-state index is -1.10. The van der Waals surface area contributed by atoms with Crippen LogP contribution in [0, 0.1) is 13.8 Å². The zero-order valence-corrected chi connectivity index (χ0v) is 20.7.